The van der Waals surface area contributed by atoms with Gasteiger partial charge in [0.05, 0.1) is 6.04 Å². The summed E-state index contributed by atoms with van der Waals surface area (Å²) in [6, 6.07) is -0.329. The molecule has 0 aromatic heterocycles. The van der Waals surface area contributed by atoms with E-state index in [2.05, 4.69) is 20.8 Å². The van der Waals surface area contributed by atoms with Gasteiger partial charge in [0.25, 0.3) is 0 Å². The Morgan fingerprint density at radius 1 is 1.18 bits per heavy atom. The van der Waals surface area contributed by atoms with Crippen molar-refractivity contribution in [3.05, 3.63) is 0 Å². The number of rotatable bonds is 4. The molecule has 0 amide bonds. The van der Waals surface area contributed by atoms with Crippen LogP contribution >= 0.6 is 0 Å². The van der Waals surface area contributed by atoms with Crippen molar-refractivity contribution in [1.29, 1.82) is 0 Å². The Balaban J connectivity index is 1.63. The van der Waals surface area contributed by atoms with Gasteiger partial charge in [-0.05, 0) is 85.9 Å². The third-order valence-corrected chi connectivity index (χ3v) is 10.1. The summed E-state index contributed by atoms with van der Waals surface area (Å²) in [6.45, 7) is 6.80. The molecule has 2 unspecified atom stereocenters. The lowest BCUT2D eigenvalue weighted by atomic mass is 9.43. The van der Waals surface area contributed by atoms with Gasteiger partial charge in [0.15, 0.2) is 5.78 Å². The first-order chi connectivity index (χ1) is 13.2. The lowest BCUT2D eigenvalue weighted by Crippen LogP contribution is -2.65. The van der Waals surface area contributed by atoms with Crippen LogP contribution in [0.2, 0.25) is 0 Å². The standard InChI is InChI=1S/C24H39NO3/c1-14(7-12-19(26)27)17-10-11-18-16-9-8-15-6-4-5-13-23(15,2)20(16)21(25)22(28)24(17,18)3/h14-18,20-21H,4-13,25H2,1-3H3,(H,26,27)/t14-,15?,16+,17-,18+,20-,21?,23+,24-/m1/s1. The monoisotopic (exact) mass is 389 g/mol. The van der Waals surface area contributed by atoms with Gasteiger partial charge < -0.3 is 10.8 Å². The maximum absolute atomic E-state index is 13.8. The van der Waals surface area contributed by atoms with Crippen LogP contribution in [0.5, 0.6) is 0 Å². The molecular formula is C24H39NO3. The quantitative estimate of drug-likeness (QED) is 0.733. The summed E-state index contributed by atoms with van der Waals surface area (Å²) in [5, 5.41) is 9.10. The SMILES string of the molecule is C[C@H](CCC(=O)O)[C@H]1CC[C@H]2[C@@H]3CCC4CCCC[C@]4(C)[C@H]3C(N)C(=O)[C@]12C. The maximum Gasteiger partial charge on any atom is 0.303 e. The number of hydrogen-bond donors (Lipinski definition) is 2. The molecule has 0 radical (unpaired) electrons. The third kappa shape index (κ3) is 2.80. The van der Waals surface area contributed by atoms with E-state index in [0.29, 0.717) is 30.0 Å². The number of carbonyl (C=O) groups is 2. The second kappa shape index (κ2) is 7.11. The number of aliphatic carboxylic acids is 1. The molecule has 4 rings (SSSR count). The van der Waals surface area contributed by atoms with Crippen LogP contribution in [0.25, 0.3) is 0 Å². The van der Waals surface area contributed by atoms with E-state index in [1.807, 2.05) is 0 Å². The van der Waals surface area contributed by atoms with E-state index >= 15 is 0 Å². The third-order valence-electron chi connectivity index (χ3n) is 10.1. The molecule has 4 aliphatic rings. The largest absolute Gasteiger partial charge is 0.481 e. The summed E-state index contributed by atoms with van der Waals surface area (Å²) in [5.41, 5.74) is 6.70. The topological polar surface area (TPSA) is 80.4 Å². The number of ketones is 1. The van der Waals surface area contributed by atoms with E-state index in [1.165, 1.54) is 38.5 Å². The Bertz CT molecular complexity index is 648. The predicted molar refractivity (Wildman–Crippen MR) is 110 cm³/mol. The molecule has 4 heteroatoms. The van der Waals surface area contributed by atoms with Crippen molar-refractivity contribution < 1.29 is 14.7 Å². The van der Waals surface area contributed by atoms with Gasteiger partial charge in [0.1, 0.15) is 0 Å². The lowest BCUT2D eigenvalue weighted by Gasteiger charge is -2.61. The highest BCUT2D eigenvalue weighted by atomic mass is 16.4. The normalized spacial score (nSPS) is 49.1. The van der Waals surface area contributed by atoms with Gasteiger partial charge >= 0.3 is 5.97 Å². The minimum atomic E-state index is -0.734. The van der Waals surface area contributed by atoms with Gasteiger partial charge in [-0.1, -0.05) is 33.6 Å². The van der Waals surface area contributed by atoms with Crippen molar-refractivity contribution in [2.75, 3.05) is 0 Å². The number of Topliss-reactive ketones (excluding diaryl/α,β-unsaturated/α-hetero) is 1. The molecule has 0 aliphatic heterocycles. The van der Waals surface area contributed by atoms with Gasteiger partial charge in [-0.2, -0.15) is 0 Å². The zero-order valence-corrected chi connectivity index (χ0v) is 18.0. The van der Waals surface area contributed by atoms with Crippen molar-refractivity contribution in [3.63, 3.8) is 0 Å². The summed E-state index contributed by atoms with van der Waals surface area (Å²) in [4.78, 5) is 24.9. The zero-order chi connectivity index (χ0) is 20.3. The van der Waals surface area contributed by atoms with Crippen LogP contribution in [0.4, 0.5) is 0 Å². The van der Waals surface area contributed by atoms with E-state index in [-0.39, 0.29) is 35.1 Å². The molecule has 4 saturated carbocycles. The first-order valence-electron chi connectivity index (χ1n) is 11.7. The second-order valence-corrected chi connectivity index (χ2v) is 11.1. The fourth-order valence-corrected chi connectivity index (χ4v) is 8.74. The van der Waals surface area contributed by atoms with E-state index in [9.17, 15) is 9.59 Å². The van der Waals surface area contributed by atoms with Gasteiger partial charge in [-0.25, -0.2) is 0 Å². The summed E-state index contributed by atoms with van der Waals surface area (Å²) < 4.78 is 0. The molecule has 4 aliphatic carbocycles. The highest BCUT2D eigenvalue weighted by molar-refractivity contribution is 5.91. The molecule has 0 spiro atoms. The number of hydrogen-bond acceptors (Lipinski definition) is 3. The molecule has 0 aromatic rings. The molecule has 0 saturated heterocycles. The van der Waals surface area contributed by atoms with Crippen LogP contribution in [0.15, 0.2) is 0 Å². The Morgan fingerprint density at radius 2 is 1.93 bits per heavy atom. The summed E-state index contributed by atoms with van der Waals surface area (Å²) >= 11 is 0. The second-order valence-electron chi connectivity index (χ2n) is 11.1. The summed E-state index contributed by atoms with van der Waals surface area (Å²) in [6.07, 6.45) is 10.8. The van der Waals surface area contributed by atoms with Gasteiger partial charge in [0.2, 0.25) is 0 Å². The first-order valence-corrected chi connectivity index (χ1v) is 11.7. The van der Waals surface area contributed by atoms with Crippen molar-refractivity contribution >= 4 is 11.8 Å². The first kappa shape index (κ1) is 20.4. The van der Waals surface area contributed by atoms with E-state index < -0.39 is 5.97 Å². The molecule has 4 nitrogen and oxygen atoms in total. The average Bonchev–Trinajstić information content (AvgIpc) is 3.01. The van der Waals surface area contributed by atoms with Gasteiger partial charge in [-0.15, -0.1) is 0 Å². The van der Waals surface area contributed by atoms with Crippen LogP contribution in [-0.2, 0) is 9.59 Å². The minimum absolute atomic E-state index is 0.199. The number of carboxylic acids is 1. The summed E-state index contributed by atoms with van der Waals surface area (Å²) in [5.74, 6) is 2.24. The number of carbonyl (C=O) groups excluding carboxylic acids is 1. The maximum atomic E-state index is 13.8. The molecule has 0 bridgehead atoms. The van der Waals surface area contributed by atoms with Crippen LogP contribution in [-0.4, -0.2) is 22.9 Å². The molecule has 158 valence electrons. The fourth-order valence-electron chi connectivity index (χ4n) is 8.74. The average molecular weight is 390 g/mol. The molecule has 28 heavy (non-hydrogen) atoms. The minimum Gasteiger partial charge on any atom is -0.481 e. The smallest absolute Gasteiger partial charge is 0.303 e. The van der Waals surface area contributed by atoms with Crippen LogP contribution < -0.4 is 5.73 Å². The highest BCUT2D eigenvalue weighted by Crippen LogP contribution is 2.67. The number of nitrogens with two attached hydrogens (primary N) is 1. The predicted octanol–water partition coefficient (Wildman–Crippen LogP) is 4.65. The van der Waals surface area contributed by atoms with Crippen LogP contribution in [0.1, 0.15) is 85.0 Å². The Morgan fingerprint density at radius 3 is 2.64 bits per heavy atom. The molecule has 3 N–H and O–H groups in total. The number of fused-ring (bicyclic) bond motifs is 5. The van der Waals surface area contributed by atoms with Gasteiger partial charge in [-0.3, -0.25) is 9.59 Å². The van der Waals surface area contributed by atoms with E-state index in [4.69, 9.17) is 10.8 Å². The molecule has 0 heterocycles. The Hall–Kier alpha value is -0.900. The molecule has 9 atom stereocenters. The molecular weight excluding hydrogens is 350 g/mol. The summed E-state index contributed by atoms with van der Waals surface area (Å²) in [7, 11) is 0. The Labute approximate surface area is 170 Å². The van der Waals surface area contributed by atoms with Gasteiger partial charge in [0, 0.05) is 11.8 Å². The lowest BCUT2D eigenvalue weighted by molar-refractivity contribution is -0.161. The molecule has 0 aromatic carbocycles. The highest BCUT2D eigenvalue weighted by Gasteiger charge is 2.66. The van der Waals surface area contributed by atoms with Crippen molar-refractivity contribution in [1.82, 2.24) is 0 Å². The van der Waals surface area contributed by atoms with Crippen LogP contribution in [0, 0.1) is 46.3 Å². The zero-order valence-electron chi connectivity index (χ0n) is 18.0. The van der Waals surface area contributed by atoms with Crippen LogP contribution in [0.3, 0.4) is 0 Å². The van der Waals surface area contributed by atoms with Crippen molar-refractivity contribution in [2.24, 2.45) is 52.1 Å². The fraction of sp³-hybridized carbons (Fsp3) is 0.917. The van der Waals surface area contributed by atoms with Crippen molar-refractivity contribution in [2.45, 2.75) is 91.0 Å². The van der Waals surface area contributed by atoms with Crippen molar-refractivity contribution in [3.8, 4) is 0 Å². The Kier molecular flexibility index (Phi) is 5.17. The van der Waals surface area contributed by atoms with E-state index in [1.54, 1.807) is 0 Å². The number of carboxylic acid groups (broad SMARTS) is 1. The molecule has 4 fully saturated rings. The van der Waals surface area contributed by atoms with E-state index in [0.717, 1.165) is 18.8 Å².